The zero-order valence-corrected chi connectivity index (χ0v) is 16.9. The van der Waals surface area contributed by atoms with E-state index in [-0.39, 0.29) is 30.8 Å². The van der Waals surface area contributed by atoms with E-state index >= 15 is 0 Å². The van der Waals surface area contributed by atoms with E-state index in [0.717, 1.165) is 29.6 Å². The molecule has 0 spiro atoms. The minimum atomic E-state index is -3.72. The maximum atomic E-state index is 13.0. The average molecular weight is 380 g/mol. The fourth-order valence-electron chi connectivity index (χ4n) is 3.41. The van der Waals surface area contributed by atoms with Gasteiger partial charge in [-0.2, -0.15) is 0 Å². The molecule has 0 unspecified atom stereocenters. The van der Waals surface area contributed by atoms with Crippen molar-refractivity contribution in [1.29, 1.82) is 0 Å². The molecular formula is C20H29O5P. The van der Waals surface area contributed by atoms with E-state index in [1.807, 2.05) is 26.0 Å². The molecule has 0 bridgehead atoms. The van der Waals surface area contributed by atoms with Crippen LogP contribution in [0, 0.1) is 5.92 Å². The molecule has 2 rings (SSSR count). The summed E-state index contributed by atoms with van der Waals surface area (Å²) in [6.07, 6.45) is 1.69. The lowest BCUT2D eigenvalue weighted by atomic mass is 9.73. The van der Waals surface area contributed by atoms with Crippen molar-refractivity contribution in [3.63, 3.8) is 0 Å². The molecule has 2 atom stereocenters. The normalized spacial score (nSPS) is 20.9. The third-order valence-corrected chi connectivity index (χ3v) is 6.19. The van der Waals surface area contributed by atoms with Crippen molar-refractivity contribution in [3.8, 4) is 5.75 Å². The number of para-hydroxylation sites is 1. The molecule has 0 aromatic heterocycles. The van der Waals surface area contributed by atoms with Crippen molar-refractivity contribution in [2.24, 2.45) is 5.92 Å². The highest BCUT2D eigenvalue weighted by molar-refractivity contribution is 7.48. The quantitative estimate of drug-likeness (QED) is 0.447. The standard InChI is InChI=1S/C20H29O5P/c1-6-23-26(22,24-7-2)25-20-15(5)12-13-16(14(3)4)19(20)17-10-8-9-11-18(17)21/h8-11,16,19,21H,3,6-7,12-13H2,1-2,4-5H3/t16-,19+/m0/s1. The van der Waals surface area contributed by atoms with Crippen LogP contribution in [0.3, 0.4) is 0 Å². The van der Waals surface area contributed by atoms with Crippen LogP contribution in [0.1, 0.15) is 52.0 Å². The van der Waals surface area contributed by atoms with Crippen LogP contribution in [0.15, 0.2) is 47.7 Å². The molecule has 0 radical (unpaired) electrons. The number of phosphoric acid groups is 1. The van der Waals surface area contributed by atoms with Gasteiger partial charge in [-0.15, -0.1) is 0 Å². The first-order valence-corrected chi connectivity index (χ1v) is 10.5. The van der Waals surface area contributed by atoms with E-state index in [1.165, 1.54) is 0 Å². The van der Waals surface area contributed by atoms with Gasteiger partial charge >= 0.3 is 7.82 Å². The van der Waals surface area contributed by atoms with Gasteiger partial charge in [0.15, 0.2) is 0 Å². The zero-order valence-electron chi connectivity index (χ0n) is 16.0. The van der Waals surface area contributed by atoms with Crippen molar-refractivity contribution in [2.75, 3.05) is 13.2 Å². The number of phenols is 1. The second kappa shape index (κ2) is 8.90. The van der Waals surface area contributed by atoms with E-state index in [9.17, 15) is 9.67 Å². The minimum absolute atomic E-state index is 0.0682. The largest absolute Gasteiger partial charge is 0.529 e. The highest BCUT2D eigenvalue weighted by atomic mass is 31.2. The SMILES string of the molecule is C=C(C)[C@@H]1CCC(C)=C(OP(=O)(OCC)OCC)[C@H]1c1ccccc1O. The van der Waals surface area contributed by atoms with Gasteiger partial charge in [0.25, 0.3) is 0 Å². The Morgan fingerprint density at radius 1 is 1.27 bits per heavy atom. The molecule has 0 fully saturated rings. The summed E-state index contributed by atoms with van der Waals surface area (Å²) in [4.78, 5) is 0. The molecule has 1 aromatic rings. The van der Waals surface area contributed by atoms with Crippen LogP contribution in [-0.2, 0) is 18.1 Å². The highest BCUT2D eigenvalue weighted by Gasteiger charge is 2.39. The van der Waals surface area contributed by atoms with Crippen LogP contribution in [0.4, 0.5) is 0 Å². The maximum absolute atomic E-state index is 13.0. The molecule has 0 saturated carbocycles. The fourth-order valence-corrected chi connectivity index (χ4v) is 4.73. The molecule has 0 aliphatic heterocycles. The Kier molecular flexibility index (Phi) is 7.10. The van der Waals surface area contributed by atoms with Gasteiger partial charge in [-0.1, -0.05) is 30.4 Å². The van der Waals surface area contributed by atoms with Crippen molar-refractivity contribution in [2.45, 2.75) is 46.5 Å². The summed E-state index contributed by atoms with van der Waals surface area (Å²) >= 11 is 0. The molecule has 144 valence electrons. The monoisotopic (exact) mass is 380 g/mol. The topological polar surface area (TPSA) is 65.0 Å². The Morgan fingerprint density at radius 3 is 2.42 bits per heavy atom. The van der Waals surface area contributed by atoms with E-state index in [1.54, 1.807) is 26.0 Å². The Hall–Kier alpha value is -1.55. The number of phenolic OH excluding ortho intramolecular Hbond substituents is 1. The summed E-state index contributed by atoms with van der Waals surface area (Å²) in [7, 11) is -3.72. The maximum Gasteiger partial charge on any atom is 0.529 e. The molecule has 1 aliphatic rings. The average Bonchev–Trinajstić information content (AvgIpc) is 2.57. The summed E-state index contributed by atoms with van der Waals surface area (Å²) in [6.45, 7) is 12.0. The van der Waals surface area contributed by atoms with Crippen LogP contribution in [0.25, 0.3) is 0 Å². The van der Waals surface area contributed by atoms with Gasteiger partial charge in [0.2, 0.25) is 0 Å². The number of phosphoric ester groups is 1. The molecule has 6 heteroatoms. The van der Waals surface area contributed by atoms with Crippen molar-refractivity contribution in [1.82, 2.24) is 0 Å². The van der Waals surface area contributed by atoms with Crippen LogP contribution in [-0.4, -0.2) is 18.3 Å². The molecule has 0 heterocycles. The first-order chi connectivity index (χ1) is 12.3. The Labute approximate surface area is 156 Å². The highest BCUT2D eigenvalue weighted by Crippen LogP contribution is 2.57. The lowest BCUT2D eigenvalue weighted by molar-refractivity contribution is 0.134. The third kappa shape index (κ3) is 4.59. The molecular weight excluding hydrogens is 351 g/mol. The predicted molar refractivity (Wildman–Crippen MR) is 103 cm³/mol. The van der Waals surface area contributed by atoms with E-state index in [4.69, 9.17) is 13.6 Å². The number of allylic oxidation sites excluding steroid dienone is 3. The molecule has 0 amide bonds. The van der Waals surface area contributed by atoms with Gasteiger partial charge in [-0.3, -0.25) is 9.05 Å². The molecule has 1 N–H and O–H groups in total. The number of hydrogen-bond acceptors (Lipinski definition) is 5. The number of rotatable bonds is 8. The second-order valence-electron chi connectivity index (χ2n) is 6.55. The Balaban J connectivity index is 2.53. The van der Waals surface area contributed by atoms with Gasteiger partial charge in [0.1, 0.15) is 11.5 Å². The van der Waals surface area contributed by atoms with Crippen molar-refractivity contribution in [3.05, 3.63) is 53.3 Å². The smallest absolute Gasteiger partial charge is 0.508 e. The lowest BCUT2D eigenvalue weighted by Gasteiger charge is -2.36. The summed E-state index contributed by atoms with van der Waals surface area (Å²) in [5.74, 6) is 0.522. The molecule has 1 aromatic carbocycles. The van der Waals surface area contributed by atoms with E-state index < -0.39 is 7.82 Å². The first-order valence-electron chi connectivity index (χ1n) is 9.04. The first kappa shape index (κ1) is 20.8. The summed E-state index contributed by atoms with van der Waals surface area (Å²) < 4.78 is 29.5. The molecule has 0 saturated heterocycles. The third-order valence-electron chi connectivity index (χ3n) is 4.63. The van der Waals surface area contributed by atoms with Crippen LogP contribution < -0.4 is 0 Å². The lowest BCUT2D eigenvalue weighted by Crippen LogP contribution is -2.23. The number of benzene rings is 1. The zero-order chi connectivity index (χ0) is 19.3. The fraction of sp³-hybridized carbons (Fsp3) is 0.500. The van der Waals surface area contributed by atoms with Gasteiger partial charge in [0.05, 0.1) is 19.1 Å². The van der Waals surface area contributed by atoms with Gasteiger partial charge in [-0.25, -0.2) is 4.57 Å². The molecule has 1 aliphatic carbocycles. The van der Waals surface area contributed by atoms with E-state index in [0.29, 0.717) is 5.76 Å². The number of aromatic hydroxyl groups is 1. The van der Waals surface area contributed by atoms with Crippen molar-refractivity contribution >= 4 is 7.82 Å². The van der Waals surface area contributed by atoms with Gasteiger partial charge in [-0.05, 0) is 58.1 Å². The number of hydrogen-bond donors (Lipinski definition) is 1. The predicted octanol–water partition coefficient (Wildman–Crippen LogP) is 5.93. The summed E-state index contributed by atoms with van der Waals surface area (Å²) in [5.41, 5.74) is 2.71. The summed E-state index contributed by atoms with van der Waals surface area (Å²) in [6, 6.07) is 7.16. The van der Waals surface area contributed by atoms with Gasteiger partial charge < -0.3 is 9.63 Å². The molecule has 26 heavy (non-hydrogen) atoms. The van der Waals surface area contributed by atoms with Crippen LogP contribution in [0.2, 0.25) is 0 Å². The molecule has 5 nitrogen and oxygen atoms in total. The second-order valence-corrected chi connectivity index (χ2v) is 8.14. The van der Waals surface area contributed by atoms with Crippen molar-refractivity contribution < 1.29 is 23.2 Å². The van der Waals surface area contributed by atoms with E-state index in [2.05, 4.69) is 6.58 Å². The minimum Gasteiger partial charge on any atom is -0.508 e. The summed E-state index contributed by atoms with van der Waals surface area (Å²) in [5, 5.41) is 10.4. The van der Waals surface area contributed by atoms with Crippen LogP contribution in [0.5, 0.6) is 5.75 Å². The van der Waals surface area contributed by atoms with Gasteiger partial charge in [0, 0.05) is 5.56 Å². The Bertz CT molecular complexity index is 715. The Morgan fingerprint density at radius 2 is 1.88 bits per heavy atom. The van der Waals surface area contributed by atoms with Crippen LogP contribution >= 0.6 is 7.82 Å².